The number of anilines is 1. The van der Waals surface area contributed by atoms with Gasteiger partial charge in [-0.25, -0.2) is 0 Å². The van der Waals surface area contributed by atoms with E-state index in [2.05, 4.69) is 17.1 Å². The molecule has 0 saturated heterocycles. The highest BCUT2D eigenvalue weighted by Gasteiger charge is 2.25. The predicted octanol–water partition coefficient (Wildman–Crippen LogP) is 2.91. The van der Waals surface area contributed by atoms with Crippen LogP contribution in [0.3, 0.4) is 0 Å². The van der Waals surface area contributed by atoms with E-state index in [9.17, 15) is 4.79 Å². The maximum absolute atomic E-state index is 12.8. The van der Waals surface area contributed by atoms with Crippen molar-refractivity contribution in [3.63, 3.8) is 0 Å². The molecule has 0 saturated carbocycles. The molecule has 4 heteroatoms. The monoisotopic (exact) mass is 277 g/mol. The Labute approximate surface area is 122 Å². The molecule has 0 spiro atoms. The lowest BCUT2D eigenvalue weighted by Gasteiger charge is -2.14. The molecule has 0 bridgehead atoms. The van der Waals surface area contributed by atoms with Gasteiger partial charge in [0.2, 0.25) is 0 Å². The predicted molar refractivity (Wildman–Crippen MR) is 82.7 cm³/mol. The summed E-state index contributed by atoms with van der Waals surface area (Å²) in [6.07, 6.45) is 1.77. The number of hydrogen-bond donors (Lipinski definition) is 2. The van der Waals surface area contributed by atoms with Crippen molar-refractivity contribution >= 4 is 22.5 Å². The van der Waals surface area contributed by atoms with E-state index in [1.807, 2.05) is 35.2 Å². The molecule has 2 heterocycles. The summed E-state index contributed by atoms with van der Waals surface area (Å²) >= 11 is 0. The van der Waals surface area contributed by atoms with Gasteiger partial charge in [0.25, 0.3) is 5.91 Å². The molecule has 1 amide bonds. The first kappa shape index (κ1) is 12.0. The van der Waals surface area contributed by atoms with Crippen LogP contribution in [-0.2, 0) is 13.1 Å². The van der Waals surface area contributed by atoms with E-state index in [0.29, 0.717) is 24.3 Å². The van der Waals surface area contributed by atoms with Crippen LogP contribution in [0.1, 0.15) is 21.5 Å². The second-order valence-electron chi connectivity index (χ2n) is 5.44. The summed E-state index contributed by atoms with van der Waals surface area (Å²) in [5.41, 5.74) is 10.6. The normalized spacial score (nSPS) is 13.6. The van der Waals surface area contributed by atoms with Crippen LogP contribution in [-0.4, -0.2) is 15.8 Å². The van der Waals surface area contributed by atoms with Gasteiger partial charge in [-0.1, -0.05) is 24.3 Å². The first-order valence-electron chi connectivity index (χ1n) is 6.95. The zero-order valence-electron chi connectivity index (χ0n) is 11.5. The van der Waals surface area contributed by atoms with Crippen LogP contribution in [0.25, 0.3) is 10.9 Å². The third kappa shape index (κ3) is 1.88. The van der Waals surface area contributed by atoms with Crippen molar-refractivity contribution in [3.05, 3.63) is 65.4 Å². The van der Waals surface area contributed by atoms with Gasteiger partial charge in [-0.2, -0.15) is 0 Å². The standard InChI is InChI=1S/C17H15N3O/c18-13-5-6-16-14(7-13)15(8-19-16)17(21)20-9-11-3-1-2-4-12(11)10-20/h1-8,19H,9-10,18H2. The molecule has 1 aliphatic heterocycles. The molecule has 2 aromatic carbocycles. The third-order valence-electron chi connectivity index (χ3n) is 4.06. The quantitative estimate of drug-likeness (QED) is 0.672. The number of aromatic amines is 1. The number of aromatic nitrogens is 1. The summed E-state index contributed by atoms with van der Waals surface area (Å²) in [5.74, 6) is 0.0445. The number of carbonyl (C=O) groups is 1. The van der Waals surface area contributed by atoms with E-state index in [-0.39, 0.29) is 5.91 Å². The van der Waals surface area contributed by atoms with Gasteiger partial charge in [0.1, 0.15) is 0 Å². The van der Waals surface area contributed by atoms with Crippen LogP contribution in [0, 0.1) is 0 Å². The van der Waals surface area contributed by atoms with E-state index in [1.54, 1.807) is 6.20 Å². The second kappa shape index (κ2) is 4.38. The number of nitrogens with two attached hydrogens (primary N) is 1. The maximum Gasteiger partial charge on any atom is 0.256 e. The van der Waals surface area contributed by atoms with Crippen molar-refractivity contribution in [2.75, 3.05) is 5.73 Å². The number of nitrogens with zero attached hydrogens (tertiary/aromatic N) is 1. The Morgan fingerprint density at radius 2 is 1.81 bits per heavy atom. The minimum absolute atomic E-state index is 0.0445. The molecule has 4 rings (SSSR count). The first-order valence-corrected chi connectivity index (χ1v) is 6.95. The molecule has 4 nitrogen and oxygen atoms in total. The molecule has 0 radical (unpaired) electrons. The fourth-order valence-electron chi connectivity index (χ4n) is 2.96. The number of amides is 1. The van der Waals surface area contributed by atoms with E-state index in [0.717, 1.165) is 10.9 Å². The van der Waals surface area contributed by atoms with Crippen molar-refractivity contribution < 1.29 is 4.79 Å². The summed E-state index contributed by atoms with van der Waals surface area (Å²) in [5, 5.41) is 0.885. The van der Waals surface area contributed by atoms with E-state index in [1.165, 1.54) is 11.1 Å². The van der Waals surface area contributed by atoms with Crippen LogP contribution in [0.4, 0.5) is 5.69 Å². The molecule has 0 atom stereocenters. The lowest BCUT2D eigenvalue weighted by atomic mass is 10.1. The molecule has 0 unspecified atom stereocenters. The van der Waals surface area contributed by atoms with Gasteiger partial charge in [-0.05, 0) is 29.3 Å². The maximum atomic E-state index is 12.8. The van der Waals surface area contributed by atoms with Crippen molar-refractivity contribution in [1.82, 2.24) is 9.88 Å². The topological polar surface area (TPSA) is 62.1 Å². The average molecular weight is 277 g/mol. The number of H-pyrrole nitrogens is 1. The van der Waals surface area contributed by atoms with Gasteiger partial charge in [0.05, 0.1) is 5.56 Å². The van der Waals surface area contributed by atoms with Gasteiger partial charge < -0.3 is 15.6 Å². The minimum Gasteiger partial charge on any atom is -0.399 e. The average Bonchev–Trinajstić information content (AvgIpc) is 3.09. The Morgan fingerprint density at radius 1 is 1.10 bits per heavy atom. The van der Waals surface area contributed by atoms with Gasteiger partial charge >= 0.3 is 0 Å². The molecule has 0 aliphatic carbocycles. The highest BCUT2D eigenvalue weighted by molar-refractivity contribution is 6.07. The minimum atomic E-state index is 0.0445. The smallest absolute Gasteiger partial charge is 0.256 e. The second-order valence-corrected chi connectivity index (χ2v) is 5.44. The fraction of sp³-hybridized carbons (Fsp3) is 0.118. The lowest BCUT2D eigenvalue weighted by molar-refractivity contribution is 0.0753. The summed E-state index contributed by atoms with van der Waals surface area (Å²) in [4.78, 5) is 17.8. The number of hydrogen-bond acceptors (Lipinski definition) is 2. The molecule has 104 valence electrons. The number of benzene rings is 2. The Kier molecular flexibility index (Phi) is 2.51. The molecule has 1 aliphatic rings. The van der Waals surface area contributed by atoms with E-state index >= 15 is 0 Å². The summed E-state index contributed by atoms with van der Waals surface area (Å²) in [7, 11) is 0. The SMILES string of the molecule is Nc1ccc2[nH]cc(C(=O)N3Cc4ccccc4C3)c2c1. The first-order chi connectivity index (χ1) is 10.2. The highest BCUT2D eigenvalue weighted by Crippen LogP contribution is 2.27. The fourth-order valence-corrected chi connectivity index (χ4v) is 2.96. The Bertz CT molecular complexity index is 825. The summed E-state index contributed by atoms with van der Waals surface area (Å²) in [6.45, 7) is 1.34. The largest absolute Gasteiger partial charge is 0.399 e. The van der Waals surface area contributed by atoms with Gasteiger partial charge in [0, 0.05) is 35.9 Å². The zero-order valence-corrected chi connectivity index (χ0v) is 11.5. The Balaban J connectivity index is 1.70. The van der Waals surface area contributed by atoms with E-state index in [4.69, 9.17) is 5.73 Å². The molecular formula is C17H15N3O. The van der Waals surface area contributed by atoms with Crippen LogP contribution < -0.4 is 5.73 Å². The third-order valence-corrected chi connectivity index (χ3v) is 4.06. The molecule has 3 N–H and O–H groups in total. The molecular weight excluding hydrogens is 262 g/mol. The Hall–Kier alpha value is -2.75. The molecule has 1 aromatic heterocycles. The molecule has 0 fully saturated rings. The van der Waals surface area contributed by atoms with Gasteiger partial charge in [-0.15, -0.1) is 0 Å². The van der Waals surface area contributed by atoms with Crippen molar-refractivity contribution in [1.29, 1.82) is 0 Å². The number of carbonyl (C=O) groups excluding carboxylic acids is 1. The van der Waals surface area contributed by atoms with E-state index < -0.39 is 0 Å². The molecule has 21 heavy (non-hydrogen) atoms. The van der Waals surface area contributed by atoms with Crippen LogP contribution in [0.15, 0.2) is 48.7 Å². The summed E-state index contributed by atoms with van der Waals surface area (Å²) in [6, 6.07) is 13.8. The van der Waals surface area contributed by atoms with Crippen LogP contribution in [0.5, 0.6) is 0 Å². The van der Waals surface area contributed by atoms with Gasteiger partial charge in [-0.3, -0.25) is 4.79 Å². The van der Waals surface area contributed by atoms with Crippen molar-refractivity contribution in [2.45, 2.75) is 13.1 Å². The highest BCUT2D eigenvalue weighted by atomic mass is 16.2. The number of rotatable bonds is 1. The van der Waals surface area contributed by atoms with Crippen LogP contribution >= 0.6 is 0 Å². The van der Waals surface area contributed by atoms with Crippen LogP contribution in [0.2, 0.25) is 0 Å². The number of nitrogens with one attached hydrogen (secondary N) is 1. The Morgan fingerprint density at radius 3 is 2.52 bits per heavy atom. The lowest BCUT2D eigenvalue weighted by Crippen LogP contribution is -2.25. The number of fused-ring (bicyclic) bond motifs is 2. The number of nitrogen functional groups attached to an aromatic ring is 1. The summed E-state index contributed by atoms with van der Waals surface area (Å²) < 4.78 is 0. The van der Waals surface area contributed by atoms with Crippen molar-refractivity contribution in [2.24, 2.45) is 0 Å². The molecule has 3 aromatic rings. The van der Waals surface area contributed by atoms with Gasteiger partial charge in [0.15, 0.2) is 0 Å². The van der Waals surface area contributed by atoms with Crippen molar-refractivity contribution in [3.8, 4) is 0 Å². The zero-order chi connectivity index (χ0) is 14.4.